The molecule has 1 fully saturated rings. The number of hydrogen-bond donors (Lipinski definition) is 0. The van der Waals surface area contributed by atoms with E-state index in [4.69, 9.17) is 4.74 Å². The van der Waals surface area contributed by atoms with Gasteiger partial charge in [0.15, 0.2) is 0 Å². The molecule has 1 unspecified atom stereocenters. The van der Waals surface area contributed by atoms with Gasteiger partial charge >= 0.3 is 0 Å². The average molecular weight is 264 g/mol. The van der Waals surface area contributed by atoms with E-state index in [0.29, 0.717) is 0 Å². The van der Waals surface area contributed by atoms with Gasteiger partial charge in [0.25, 0.3) is 0 Å². The first-order chi connectivity index (χ1) is 9.12. The van der Waals surface area contributed by atoms with Gasteiger partial charge in [-0.3, -0.25) is 0 Å². The number of hydrogen-bond acceptors (Lipinski definition) is 1. The summed E-state index contributed by atoms with van der Waals surface area (Å²) in [6, 6.07) is 0. The highest BCUT2D eigenvalue weighted by Gasteiger charge is 2.35. The van der Waals surface area contributed by atoms with Crippen molar-refractivity contribution in [2.75, 3.05) is 6.61 Å². The van der Waals surface area contributed by atoms with Crippen molar-refractivity contribution in [2.45, 2.75) is 84.2 Å². The van der Waals surface area contributed by atoms with Crippen LogP contribution in [-0.2, 0) is 4.74 Å². The zero-order valence-corrected chi connectivity index (χ0v) is 13.2. The van der Waals surface area contributed by atoms with Gasteiger partial charge in [-0.25, -0.2) is 0 Å². The fourth-order valence-corrected chi connectivity index (χ4v) is 3.79. The number of allylic oxidation sites excluding steroid dienone is 2. The van der Waals surface area contributed by atoms with Crippen molar-refractivity contribution in [1.29, 1.82) is 0 Å². The molecule has 0 aromatic carbocycles. The molecule has 1 nitrogen and oxygen atoms in total. The Morgan fingerprint density at radius 3 is 2.79 bits per heavy atom. The van der Waals surface area contributed by atoms with Gasteiger partial charge in [0.05, 0.1) is 5.60 Å². The molecule has 1 heterocycles. The molecule has 0 aromatic heterocycles. The lowest BCUT2D eigenvalue weighted by molar-refractivity contribution is 0.00777. The number of ether oxygens (including phenoxy) is 1. The van der Waals surface area contributed by atoms with Gasteiger partial charge in [-0.05, 0) is 77.0 Å². The van der Waals surface area contributed by atoms with E-state index >= 15 is 0 Å². The molecular weight excluding hydrogens is 232 g/mol. The summed E-state index contributed by atoms with van der Waals surface area (Å²) in [6.07, 6.45) is 14.8. The maximum Gasteiger partial charge on any atom is 0.0655 e. The van der Waals surface area contributed by atoms with Crippen LogP contribution in [0.2, 0.25) is 0 Å². The fourth-order valence-electron chi connectivity index (χ4n) is 3.79. The minimum atomic E-state index is 0.134. The second-order valence-electron chi connectivity index (χ2n) is 7.13. The highest BCUT2D eigenvalue weighted by Crippen LogP contribution is 2.38. The third-order valence-corrected chi connectivity index (χ3v) is 5.26. The van der Waals surface area contributed by atoms with Crippen LogP contribution in [0.3, 0.4) is 0 Å². The predicted molar refractivity (Wildman–Crippen MR) is 82.3 cm³/mol. The van der Waals surface area contributed by atoms with Crippen LogP contribution in [0.15, 0.2) is 11.6 Å². The van der Waals surface area contributed by atoms with Crippen LogP contribution in [0.25, 0.3) is 0 Å². The zero-order valence-electron chi connectivity index (χ0n) is 13.2. The first kappa shape index (κ1) is 15.1. The van der Waals surface area contributed by atoms with E-state index < -0.39 is 0 Å². The summed E-state index contributed by atoms with van der Waals surface area (Å²) in [5, 5.41) is 0. The van der Waals surface area contributed by atoms with Crippen LogP contribution in [0.5, 0.6) is 0 Å². The number of rotatable bonds is 6. The molecule has 0 N–H and O–H groups in total. The molecule has 19 heavy (non-hydrogen) atoms. The number of unbranched alkanes of at least 4 members (excludes halogenated alkanes) is 1. The van der Waals surface area contributed by atoms with Crippen molar-refractivity contribution in [3.63, 3.8) is 0 Å². The van der Waals surface area contributed by atoms with Gasteiger partial charge in [-0.1, -0.05) is 25.0 Å². The highest BCUT2D eigenvalue weighted by atomic mass is 16.5. The molecule has 2 rings (SSSR count). The molecular formula is C18H32O. The Kier molecular flexibility index (Phi) is 5.50. The summed E-state index contributed by atoms with van der Waals surface area (Å²) in [5.74, 6) is 1.74. The van der Waals surface area contributed by atoms with Crippen molar-refractivity contribution in [3.05, 3.63) is 11.6 Å². The SMILES string of the molecule is CCCCC1=CCCC(CC[C@@H]2CCOC2(C)C)C1. The van der Waals surface area contributed by atoms with Gasteiger partial charge in [0.2, 0.25) is 0 Å². The first-order valence-corrected chi connectivity index (χ1v) is 8.43. The van der Waals surface area contributed by atoms with Crippen molar-refractivity contribution < 1.29 is 4.74 Å². The van der Waals surface area contributed by atoms with E-state index in [2.05, 4.69) is 26.8 Å². The van der Waals surface area contributed by atoms with E-state index in [0.717, 1.165) is 18.4 Å². The standard InChI is InChI=1S/C18H32O/c1-4-5-7-15-8-6-9-16(14-15)10-11-17-12-13-19-18(17,2)3/h8,16-17H,4-7,9-14H2,1-3H3/t16?,17-/m1/s1. The summed E-state index contributed by atoms with van der Waals surface area (Å²) in [7, 11) is 0. The van der Waals surface area contributed by atoms with Crippen LogP contribution >= 0.6 is 0 Å². The van der Waals surface area contributed by atoms with E-state index in [-0.39, 0.29) is 5.60 Å². The summed E-state index contributed by atoms with van der Waals surface area (Å²) in [6.45, 7) is 7.82. The third-order valence-electron chi connectivity index (χ3n) is 5.26. The molecule has 0 spiro atoms. The van der Waals surface area contributed by atoms with Gasteiger partial charge in [-0.15, -0.1) is 0 Å². The molecule has 1 saturated heterocycles. The lowest BCUT2D eigenvalue weighted by Crippen LogP contribution is -2.27. The quantitative estimate of drug-likeness (QED) is 0.576. The summed E-state index contributed by atoms with van der Waals surface area (Å²) in [4.78, 5) is 0. The van der Waals surface area contributed by atoms with Crippen LogP contribution in [0, 0.1) is 11.8 Å². The van der Waals surface area contributed by atoms with Crippen molar-refractivity contribution in [3.8, 4) is 0 Å². The first-order valence-electron chi connectivity index (χ1n) is 8.43. The molecule has 2 aliphatic rings. The van der Waals surface area contributed by atoms with Gasteiger partial charge in [0, 0.05) is 6.61 Å². The Balaban J connectivity index is 1.73. The topological polar surface area (TPSA) is 9.23 Å². The van der Waals surface area contributed by atoms with Crippen molar-refractivity contribution >= 4 is 0 Å². The molecule has 110 valence electrons. The molecule has 0 amide bonds. The normalized spacial score (nSPS) is 30.4. The molecule has 2 atom stereocenters. The maximum absolute atomic E-state index is 5.86. The molecule has 1 aliphatic heterocycles. The Morgan fingerprint density at radius 2 is 2.11 bits per heavy atom. The average Bonchev–Trinajstić information content (AvgIpc) is 2.73. The summed E-state index contributed by atoms with van der Waals surface area (Å²) >= 11 is 0. The predicted octanol–water partition coefficient (Wildman–Crippen LogP) is 5.50. The lowest BCUT2D eigenvalue weighted by atomic mass is 9.79. The Labute approximate surface area is 119 Å². The molecule has 1 heteroatoms. The van der Waals surface area contributed by atoms with Crippen LogP contribution in [0.1, 0.15) is 78.6 Å². The van der Waals surface area contributed by atoms with Crippen LogP contribution in [0.4, 0.5) is 0 Å². The highest BCUT2D eigenvalue weighted by molar-refractivity contribution is 5.06. The lowest BCUT2D eigenvalue weighted by Gasteiger charge is -2.29. The van der Waals surface area contributed by atoms with Gasteiger partial charge in [-0.2, -0.15) is 0 Å². The Bertz CT molecular complexity index is 303. The molecule has 0 bridgehead atoms. The van der Waals surface area contributed by atoms with E-state index in [1.165, 1.54) is 57.8 Å². The smallest absolute Gasteiger partial charge is 0.0655 e. The summed E-state index contributed by atoms with van der Waals surface area (Å²) in [5.41, 5.74) is 1.88. The second-order valence-corrected chi connectivity index (χ2v) is 7.13. The van der Waals surface area contributed by atoms with Crippen molar-refractivity contribution in [1.82, 2.24) is 0 Å². The monoisotopic (exact) mass is 264 g/mol. The zero-order chi connectivity index (χ0) is 13.7. The summed E-state index contributed by atoms with van der Waals surface area (Å²) < 4.78 is 5.86. The van der Waals surface area contributed by atoms with Gasteiger partial charge in [0.1, 0.15) is 0 Å². The Hall–Kier alpha value is -0.300. The molecule has 0 aromatic rings. The Morgan fingerprint density at radius 1 is 1.26 bits per heavy atom. The fraction of sp³-hybridized carbons (Fsp3) is 0.889. The van der Waals surface area contributed by atoms with Crippen LogP contribution < -0.4 is 0 Å². The largest absolute Gasteiger partial charge is 0.375 e. The minimum Gasteiger partial charge on any atom is -0.375 e. The van der Waals surface area contributed by atoms with Crippen LogP contribution in [-0.4, -0.2) is 12.2 Å². The minimum absolute atomic E-state index is 0.134. The van der Waals surface area contributed by atoms with E-state index in [1.807, 2.05) is 0 Å². The molecule has 1 aliphatic carbocycles. The van der Waals surface area contributed by atoms with E-state index in [9.17, 15) is 0 Å². The maximum atomic E-state index is 5.86. The molecule has 0 saturated carbocycles. The molecule has 0 radical (unpaired) electrons. The second kappa shape index (κ2) is 6.92. The van der Waals surface area contributed by atoms with Gasteiger partial charge < -0.3 is 4.74 Å². The third kappa shape index (κ3) is 4.34. The van der Waals surface area contributed by atoms with E-state index in [1.54, 1.807) is 5.57 Å². The van der Waals surface area contributed by atoms with Crippen molar-refractivity contribution in [2.24, 2.45) is 11.8 Å².